The van der Waals surface area contributed by atoms with E-state index < -0.39 is 0 Å². The first-order valence-corrected chi connectivity index (χ1v) is 11.9. The van der Waals surface area contributed by atoms with E-state index in [1.54, 1.807) is 24.3 Å². The summed E-state index contributed by atoms with van der Waals surface area (Å²) in [7, 11) is 0. The summed E-state index contributed by atoms with van der Waals surface area (Å²) in [4.78, 5) is 23.8. The summed E-state index contributed by atoms with van der Waals surface area (Å²) in [5.74, 6) is 2.03. The number of ketones is 1. The fourth-order valence-corrected chi connectivity index (χ4v) is 4.08. The van der Waals surface area contributed by atoms with Gasteiger partial charge in [0.1, 0.15) is 29.6 Å². The standard InChI is InChI=1S/C26H34N2O4/c1-3-5-7-25(29)20-10-8-19(9-11-20)24-17-12-21(27-28-24)18-31-22-13-15-23(16-14-22)32-26(30)6-4-2/h12-17,19-20H,3-11,18H2,1-2H3. The molecule has 6 nitrogen and oxygen atoms in total. The van der Waals surface area contributed by atoms with Crippen molar-refractivity contribution < 1.29 is 19.1 Å². The highest BCUT2D eigenvalue weighted by Crippen LogP contribution is 2.35. The van der Waals surface area contributed by atoms with Gasteiger partial charge in [-0.05, 0) is 74.9 Å². The molecule has 6 heteroatoms. The number of hydrogen-bond donors (Lipinski definition) is 0. The number of esters is 1. The lowest BCUT2D eigenvalue weighted by Crippen LogP contribution is -2.21. The zero-order valence-electron chi connectivity index (χ0n) is 19.2. The Morgan fingerprint density at radius 1 is 0.875 bits per heavy atom. The normalized spacial score (nSPS) is 18.2. The number of benzene rings is 1. The SMILES string of the molecule is CCCCC(=O)C1CCC(c2ccc(COc3ccc(OC(=O)CCC)cc3)nn2)CC1. The van der Waals surface area contributed by atoms with E-state index in [2.05, 4.69) is 17.1 Å². The molecule has 1 fully saturated rings. The Bertz CT molecular complexity index is 856. The Hall–Kier alpha value is -2.76. The van der Waals surface area contributed by atoms with Gasteiger partial charge in [0.2, 0.25) is 0 Å². The number of carbonyl (C=O) groups excluding carboxylic acids is 2. The van der Waals surface area contributed by atoms with E-state index in [0.29, 0.717) is 36.2 Å². The van der Waals surface area contributed by atoms with Gasteiger partial charge in [-0.2, -0.15) is 10.2 Å². The molecule has 0 atom stereocenters. The second-order valence-electron chi connectivity index (χ2n) is 8.55. The molecular formula is C26H34N2O4. The summed E-state index contributed by atoms with van der Waals surface area (Å²) in [6.45, 7) is 4.39. The van der Waals surface area contributed by atoms with Crippen LogP contribution in [0.5, 0.6) is 11.5 Å². The fourth-order valence-electron chi connectivity index (χ4n) is 4.08. The Morgan fingerprint density at radius 3 is 2.22 bits per heavy atom. The Morgan fingerprint density at radius 2 is 1.59 bits per heavy atom. The summed E-state index contributed by atoms with van der Waals surface area (Å²) in [5.41, 5.74) is 1.77. The molecule has 1 aliphatic carbocycles. The molecule has 1 saturated carbocycles. The zero-order chi connectivity index (χ0) is 22.8. The van der Waals surface area contributed by atoms with Crippen molar-refractivity contribution in [2.45, 2.75) is 84.2 Å². The summed E-state index contributed by atoms with van der Waals surface area (Å²) in [5, 5.41) is 8.76. The number of unbranched alkanes of at least 4 members (excludes halogenated alkanes) is 1. The maximum atomic E-state index is 12.3. The van der Waals surface area contributed by atoms with Crippen LogP contribution in [0, 0.1) is 5.92 Å². The van der Waals surface area contributed by atoms with E-state index in [9.17, 15) is 9.59 Å². The van der Waals surface area contributed by atoms with Gasteiger partial charge in [0, 0.05) is 24.7 Å². The fraction of sp³-hybridized carbons (Fsp3) is 0.538. The number of Topliss-reactive ketones (excluding diaryl/α,β-unsaturated/α-hetero) is 1. The number of ether oxygens (including phenoxy) is 2. The average molecular weight is 439 g/mol. The molecule has 1 aliphatic rings. The van der Waals surface area contributed by atoms with Gasteiger partial charge >= 0.3 is 5.97 Å². The first-order chi connectivity index (χ1) is 15.6. The smallest absolute Gasteiger partial charge is 0.311 e. The van der Waals surface area contributed by atoms with Crippen molar-refractivity contribution in [1.82, 2.24) is 10.2 Å². The van der Waals surface area contributed by atoms with Crippen molar-refractivity contribution in [3.63, 3.8) is 0 Å². The van der Waals surface area contributed by atoms with Gasteiger partial charge in [-0.25, -0.2) is 0 Å². The van der Waals surface area contributed by atoms with Crippen molar-refractivity contribution in [3.8, 4) is 11.5 Å². The molecule has 1 heterocycles. The lowest BCUT2D eigenvalue weighted by Gasteiger charge is -2.27. The molecule has 0 spiro atoms. The number of carbonyl (C=O) groups is 2. The maximum Gasteiger partial charge on any atom is 0.311 e. The van der Waals surface area contributed by atoms with Gasteiger partial charge < -0.3 is 9.47 Å². The molecule has 0 N–H and O–H groups in total. The van der Waals surface area contributed by atoms with E-state index >= 15 is 0 Å². The van der Waals surface area contributed by atoms with Crippen molar-refractivity contribution in [2.24, 2.45) is 5.92 Å². The van der Waals surface area contributed by atoms with Crippen LogP contribution >= 0.6 is 0 Å². The quantitative estimate of drug-likeness (QED) is 0.326. The monoisotopic (exact) mass is 438 g/mol. The average Bonchev–Trinajstić information content (AvgIpc) is 2.83. The first-order valence-electron chi connectivity index (χ1n) is 11.9. The number of hydrogen-bond acceptors (Lipinski definition) is 6. The van der Waals surface area contributed by atoms with Crippen LogP contribution < -0.4 is 9.47 Å². The van der Waals surface area contributed by atoms with Gasteiger partial charge in [-0.1, -0.05) is 20.3 Å². The number of rotatable bonds is 11. The minimum atomic E-state index is -0.229. The predicted molar refractivity (Wildman–Crippen MR) is 123 cm³/mol. The highest BCUT2D eigenvalue weighted by atomic mass is 16.5. The van der Waals surface area contributed by atoms with Gasteiger partial charge in [-0.3, -0.25) is 9.59 Å². The van der Waals surface area contributed by atoms with E-state index in [4.69, 9.17) is 9.47 Å². The van der Waals surface area contributed by atoms with E-state index in [0.717, 1.165) is 62.8 Å². The molecule has 0 bridgehead atoms. The minimum absolute atomic E-state index is 0.229. The van der Waals surface area contributed by atoms with E-state index in [1.165, 1.54) is 0 Å². The van der Waals surface area contributed by atoms with Gasteiger partial charge in [0.15, 0.2) is 0 Å². The molecule has 0 aliphatic heterocycles. The molecular weight excluding hydrogens is 404 g/mol. The molecule has 1 aromatic carbocycles. The second-order valence-corrected chi connectivity index (χ2v) is 8.55. The van der Waals surface area contributed by atoms with Crippen LogP contribution in [0.3, 0.4) is 0 Å². The first kappa shape index (κ1) is 23.9. The topological polar surface area (TPSA) is 78.4 Å². The highest BCUT2D eigenvalue weighted by molar-refractivity contribution is 5.81. The summed E-state index contributed by atoms with van der Waals surface area (Å²) in [6, 6.07) is 11.0. The van der Waals surface area contributed by atoms with Crippen LogP contribution in [0.25, 0.3) is 0 Å². The molecule has 172 valence electrons. The zero-order valence-corrected chi connectivity index (χ0v) is 19.2. The van der Waals surface area contributed by atoms with Crippen LogP contribution in [0.4, 0.5) is 0 Å². The molecule has 1 aromatic heterocycles. The third-order valence-corrected chi connectivity index (χ3v) is 6.01. The molecule has 3 rings (SSSR count). The number of aromatic nitrogens is 2. The summed E-state index contributed by atoms with van der Waals surface area (Å²) >= 11 is 0. The van der Waals surface area contributed by atoms with Crippen molar-refractivity contribution in [2.75, 3.05) is 0 Å². The molecule has 0 radical (unpaired) electrons. The van der Waals surface area contributed by atoms with Crippen LogP contribution in [0.1, 0.15) is 88.9 Å². The van der Waals surface area contributed by atoms with Crippen LogP contribution in [-0.4, -0.2) is 21.9 Å². The number of nitrogens with zero attached hydrogens (tertiary/aromatic N) is 2. The van der Waals surface area contributed by atoms with Gasteiger partial charge in [0.25, 0.3) is 0 Å². The van der Waals surface area contributed by atoms with E-state index in [-0.39, 0.29) is 11.9 Å². The Balaban J connectivity index is 1.44. The molecule has 0 saturated heterocycles. The van der Waals surface area contributed by atoms with Crippen molar-refractivity contribution in [1.29, 1.82) is 0 Å². The van der Waals surface area contributed by atoms with Crippen LogP contribution in [-0.2, 0) is 16.2 Å². The second kappa shape index (κ2) is 12.3. The summed E-state index contributed by atoms with van der Waals surface area (Å²) in [6.07, 6.45) is 7.91. The third-order valence-electron chi connectivity index (χ3n) is 6.01. The van der Waals surface area contributed by atoms with Crippen molar-refractivity contribution in [3.05, 3.63) is 47.8 Å². The van der Waals surface area contributed by atoms with Crippen LogP contribution in [0.15, 0.2) is 36.4 Å². The third kappa shape index (κ3) is 7.14. The predicted octanol–water partition coefficient (Wildman–Crippen LogP) is 5.79. The molecule has 32 heavy (non-hydrogen) atoms. The minimum Gasteiger partial charge on any atom is -0.487 e. The maximum absolute atomic E-state index is 12.3. The van der Waals surface area contributed by atoms with E-state index in [1.807, 2.05) is 19.1 Å². The van der Waals surface area contributed by atoms with Gasteiger partial charge in [-0.15, -0.1) is 0 Å². The lowest BCUT2D eigenvalue weighted by molar-refractivity contribution is -0.134. The molecule has 0 amide bonds. The van der Waals surface area contributed by atoms with Crippen LogP contribution in [0.2, 0.25) is 0 Å². The Labute approximate surface area is 190 Å². The largest absolute Gasteiger partial charge is 0.487 e. The lowest BCUT2D eigenvalue weighted by atomic mass is 9.78. The Kier molecular flexibility index (Phi) is 9.20. The summed E-state index contributed by atoms with van der Waals surface area (Å²) < 4.78 is 11.0. The van der Waals surface area contributed by atoms with Gasteiger partial charge in [0.05, 0.1) is 5.69 Å². The molecule has 0 unspecified atom stereocenters. The highest BCUT2D eigenvalue weighted by Gasteiger charge is 2.27. The molecule has 2 aromatic rings. The van der Waals surface area contributed by atoms with Crippen molar-refractivity contribution >= 4 is 11.8 Å².